The highest BCUT2D eigenvalue weighted by Crippen LogP contribution is 2.07. The van der Waals surface area contributed by atoms with Crippen LogP contribution in [0.2, 0.25) is 0 Å². The molecule has 1 aliphatic heterocycles. The number of carbonyl (C=O) groups excluding carboxylic acids is 3. The lowest BCUT2D eigenvalue weighted by Gasteiger charge is -2.31. The van der Waals surface area contributed by atoms with Crippen LogP contribution in [0.5, 0.6) is 0 Å². The van der Waals surface area contributed by atoms with Crippen LogP contribution in [0.1, 0.15) is 13.3 Å². The number of hydrogen-bond donors (Lipinski definition) is 1. The van der Waals surface area contributed by atoms with Crippen LogP contribution >= 0.6 is 11.6 Å². The molecule has 1 aliphatic rings. The predicted molar refractivity (Wildman–Crippen MR) is 49.7 cm³/mol. The summed E-state index contributed by atoms with van der Waals surface area (Å²) in [7, 11) is 0. The molecule has 0 aromatic rings. The molecule has 5 nitrogen and oxygen atoms in total. The Morgan fingerprint density at radius 3 is 2.86 bits per heavy atom. The second-order valence-electron chi connectivity index (χ2n) is 3.05. The number of rotatable bonds is 2. The second kappa shape index (κ2) is 4.41. The van der Waals surface area contributed by atoms with Crippen molar-refractivity contribution in [3.63, 3.8) is 0 Å². The SMILES string of the molecule is CC1C(=O)NC(=O)CN1C(=O)CCCl. The van der Waals surface area contributed by atoms with Crippen molar-refractivity contribution in [1.82, 2.24) is 10.2 Å². The number of hydrogen-bond acceptors (Lipinski definition) is 3. The van der Waals surface area contributed by atoms with Crippen LogP contribution in [-0.2, 0) is 14.4 Å². The Morgan fingerprint density at radius 1 is 1.64 bits per heavy atom. The van der Waals surface area contributed by atoms with Gasteiger partial charge in [-0.3, -0.25) is 19.7 Å². The van der Waals surface area contributed by atoms with Gasteiger partial charge in [-0.25, -0.2) is 0 Å². The van der Waals surface area contributed by atoms with E-state index in [0.717, 1.165) is 0 Å². The van der Waals surface area contributed by atoms with E-state index in [0.29, 0.717) is 0 Å². The van der Waals surface area contributed by atoms with Gasteiger partial charge in [0.15, 0.2) is 0 Å². The van der Waals surface area contributed by atoms with Gasteiger partial charge in [0.05, 0.1) is 0 Å². The highest BCUT2D eigenvalue weighted by Gasteiger charge is 2.32. The quantitative estimate of drug-likeness (QED) is 0.502. The number of halogens is 1. The Morgan fingerprint density at radius 2 is 2.29 bits per heavy atom. The van der Waals surface area contributed by atoms with Gasteiger partial charge in [0.2, 0.25) is 17.7 Å². The molecule has 0 bridgehead atoms. The fourth-order valence-electron chi connectivity index (χ4n) is 1.24. The molecule has 0 spiro atoms. The summed E-state index contributed by atoms with van der Waals surface area (Å²) in [6.45, 7) is 1.51. The number of nitrogens with one attached hydrogen (secondary N) is 1. The highest BCUT2D eigenvalue weighted by atomic mass is 35.5. The number of alkyl halides is 1. The normalized spacial score (nSPS) is 22.1. The molecule has 0 aliphatic carbocycles. The van der Waals surface area contributed by atoms with Crippen LogP contribution in [0.25, 0.3) is 0 Å². The van der Waals surface area contributed by atoms with E-state index < -0.39 is 17.9 Å². The number of carbonyl (C=O) groups is 3. The Hall–Kier alpha value is -1.10. The molecule has 1 saturated heterocycles. The molecule has 14 heavy (non-hydrogen) atoms. The van der Waals surface area contributed by atoms with Crippen molar-refractivity contribution in [2.24, 2.45) is 0 Å². The Labute approximate surface area is 86.4 Å². The van der Waals surface area contributed by atoms with Gasteiger partial charge in [0.25, 0.3) is 0 Å². The van der Waals surface area contributed by atoms with Crippen LogP contribution in [0.15, 0.2) is 0 Å². The fourth-order valence-corrected chi connectivity index (χ4v) is 1.40. The van der Waals surface area contributed by atoms with Gasteiger partial charge in [-0.15, -0.1) is 11.6 Å². The molecule has 1 fully saturated rings. The van der Waals surface area contributed by atoms with Gasteiger partial charge in [-0.1, -0.05) is 0 Å². The summed E-state index contributed by atoms with van der Waals surface area (Å²) in [5, 5.41) is 2.15. The fraction of sp³-hybridized carbons (Fsp3) is 0.625. The van der Waals surface area contributed by atoms with Gasteiger partial charge in [-0.05, 0) is 6.92 Å². The van der Waals surface area contributed by atoms with Crippen LogP contribution in [-0.4, -0.2) is 41.1 Å². The van der Waals surface area contributed by atoms with Gasteiger partial charge in [0, 0.05) is 12.3 Å². The molecule has 0 saturated carbocycles. The average molecular weight is 219 g/mol. The van der Waals surface area contributed by atoms with Crippen molar-refractivity contribution < 1.29 is 14.4 Å². The molecule has 0 aromatic carbocycles. The molecule has 1 unspecified atom stereocenters. The maximum absolute atomic E-state index is 11.4. The lowest BCUT2D eigenvalue weighted by Crippen LogP contribution is -2.58. The third-order valence-electron chi connectivity index (χ3n) is 2.05. The van der Waals surface area contributed by atoms with Crippen molar-refractivity contribution in [3.8, 4) is 0 Å². The van der Waals surface area contributed by atoms with Crippen LogP contribution in [0, 0.1) is 0 Å². The van der Waals surface area contributed by atoms with Gasteiger partial charge in [0.1, 0.15) is 12.6 Å². The smallest absolute Gasteiger partial charge is 0.249 e. The zero-order chi connectivity index (χ0) is 10.7. The molecule has 78 valence electrons. The molecule has 1 atom stereocenters. The van der Waals surface area contributed by atoms with Crippen LogP contribution < -0.4 is 5.32 Å². The molecule has 1 N–H and O–H groups in total. The Kier molecular flexibility index (Phi) is 3.46. The molecule has 3 amide bonds. The summed E-state index contributed by atoms with van der Waals surface area (Å²) in [6.07, 6.45) is 0.145. The van der Waals surface area contributed by atoms with E-state index in [1.54, 1.807) is 6.92 Å². The standard InChI is InChI=1S/C8H11ClN2O3/c1-5-8(14)10-6(12)4-11(5)7(13)2-3-9/h5H,2-4H2,1H3,(H,10,12,14). The van der Waals surface area contributed by atoms with Crippen molar-refractivity contribution >= 4 is 29.3 Å². The first-order valence-electron chi connectivity index (χ1n) is 4.25. The monoisotopic (exact) mass is 218 g/mol. The average Bonchev–Trinajstić information content (AvgIpc) is 2.11. The number of amides is 3. The summed E-state index contributed by atoms with van der Waals surface area (Å²) in [5.74, 6) is -0.964. The summed E-state index contributed by atoms with van der Waals surface area (Å²) >= 11 is 5.40. The van der Waals surface area contributed by atoms with Crippen molar-refractivity contribution in [2.45, 2.75) is 19.4 Å². The minimum atomic E-state index is -0.594. The van der Waals surface area contributed by atoms with E-state index in [1.807, 2.05) is 0 Å². The third kappa shape index (κ3) is 2.23. The zero-order valence-electron chi connectivity index (χ0n) is 7.75. The first-order valence-corrected chi connectivity index (χ1v) is 4.79. The van der Waals surface area contributed by atoms with E-state index in [4.69, 9.17) is 11.6 Å². The van der Waals surface area contributed by atoms with E-state index in [9.17, 15) is 14.4 Å². The van der Waals surface area contributed by atoms with E-state index in [-0.39, 0.29) is 24.8 Å². The molecular formula is C8H11ClN2O3. The van der Waals surface area contributed by atoms with E-state index >= 15 is 0 Å². The Balaban J connectivity index is 2.71. The minimum absolute atomic E-state index is 0.0668. The highest BCUT2D eigenvalue weighted by molar-refractivity contribution is 6.19. The van der Waals surface area contributed by atoms with E-state index in [2.05, 4.69) is 5.32 Å². The first-order chi connectivity index (χ1) is 6.56. The number of nitrogens with zero attached hydrogens (tertiary/aromatic N) is 1. The van der Waals surface area contributed by atoms with Gasteiger partial charge in [-0.2, -0.15) is 0 Å². The third-order valence-corrected chi connectivity index (χ3v) is 2.24. The first kappa shape index (κ1) is 11.0. The molecule has 0 aromatic heterocycles. The summed E-state index contributed by atoms with van der Waals surface area (Å²) in [6, 6.07) is -0.594. The summed E-state index contributed by atoms with van der Waals surface area (Å²) < 4.78 is 0. The van der Waals surface area contributed by atoms with Gasteiger partial charge < -0.3 is 4.90 Å². The number of piperazine rings is 1. The number of imide groups is 1. The minimum Gasteiger partial charge on any atom is -0.322 e. The molecular weight excluding hydrogens is 208 g/mol. The topological polar surface area (TPSA) is 66.5 Å². The maximum Gasteiger partial charge on any atom is 0.249 e. The van der Waals surface area contributed by atoms with E-state index in [1.165, 1.54) is 4.90 Å². The Bertz CT molecular complexity index is 280. The summed E-state index contributed by atoms with van der Waals surface area (Å²) in [5.41, 5.74) is 0. The van der Waals surface area contributed by atoms with Crippen molar-refractivity contribution in [2.75, 3.05) is 12.4 Å². The van der Waals surface area contributed by atoms with Gasteiger partial charge >= 0.3 is 0 Å². The maximum atomic E-state index is 11.4. The molecule has 0 radical (unpaired) electrons. The lowest BCUT2D eigenvalue weighted by atomic mass is 10.2. The molecule has 1 heterocycles. The molecule has 1 rings (SSSR count). The zero-order valence-corrected chi connectivity index (χ0v) is 8.50. The largest absolute Gasteiger partial charge is 0.322 e. The lowest BCUT2D eigenvalue weighted by molar-refractivity contribution is -0.149. The van der Waals surface area contributed by atoms with Crippen molar-refractivity contribution in [3.05, 3.63) is 0 Å². The van der Waals surface area contributed by atoms with Crippen molar-refractivity contribution in [1.29, 1.82) is 0 Å². The predicted octanol–water partition coefficient (Wildman–Crippen LogP) is -0.511. The second-order valence-corrected chi connectivity index (χ2v) is 3.43. The van der Waals surface area contributed by atoms with Crippen LogP contribution in [0.4, 0.5) is 0 Å². The van der Waals surface area contributed by atoms with Crippen LogP contribution in [0.3, 0.4) is 0 Å². The molecule has 6 heteroatoms. The summed E-state index contributed by atoms with van der Waals surface area (Å²) in [4.78, 5) is 34.8.